The number of allylic oxidation sites excluding steroid dienone is 2. The number of anilines is 1. The zero-order chi connectivity index (χ0) is 14.2. The lowest BCUT2D eigenvalue weighted by Crippen LogP contribution is -2.25. The number of amides is 1. The Morgan fingerprint density at radius 2 is 1.90 bits per heavy atom. The molecule has 0 spiro atoms. The first-order chi connectivity index (χ1) is 10.3. The molecule has 3 nitrogen and oxygen atoms in total. The Labute approximate surface area is 125 Å². The molecule has 4 rings (SSSR count). The summed E-state index contributed by atoms with van der Waals surface area (Å²) < 4.78 is 0. The predicted octanol–water partition coefficient (Wildman–Crippen LogP) is 3.20. The molecule has 2 saturated carbocycles. The number of hydrogen-bond acceptors (Lipinski definition) is 2. The highest BCUT2D eigenvalue weighted by molar-refractivity contribution is 5.94. The topological polar surface area (TPSA) is 41.1 Å². The summed E-state index contributed by atoms with van der Waals surface area (Å²) in [7, 11) is 0. The fourth-order valence-electron chi connectivity index (χ4n) is 3.61. The van der Waals surface area contributed by atoms with Crippen LogP contribution in [0.1, 0.15) is 36.0 Å². The Bertz CT molecular complexity index is 559. The number of carbonyl (C=O) groups excluding carboxylic acids is 1. The summed E-state index contributed by atoms with van der Waals surface area (Å²) in [5, 5.41) is 6.54. The zero-order valence-corrected chi connectivity index (χ0v) is 12.2. The van der Waals surface area contributed by atoms with E-state index in [9.17, 15) is 4.79 Å². The van der Waals surface area contributed by atoms with Crippen LogP contribution in [0.3, 0.4) is 0 Å². The number of hydrogen-bond donors (Lipinski definition) is 2. The lowest BCUT2D eigenvalue weighted by Gasteiger charge is -2.19. The van der Waals surface area contributed by atoms with Gasteiger partial charge >= 0.3 is 0 Å². The summed E-state index contributed by atoms with van der Waals surface area (Å²) in [6.45, 7) is 1.04. The van der Waals surface area contributed by atoms with Crippen molar-refractivity contribution in [2.75, 3.05) is 11.9 Å². The minimum atomic E-state index is 0.0577. The molecule has 3 heteroatoms. The van der Waals surface area contributed by atoms with Crippen LogP contribution in [0.4, 0.5) is 5.69 Å². The van der Waals surface area contributed by atoms with E-state index >= 15 is 0 Å². The maximum absolute atomic E-state index is 11.9. The summed E-state index contributed by atoms with van der Waals surface area (Å²) in [5.41, 5.74) is 1.88. The Kier molecular flexibility index (Phi) is 3.21. The van der Waals surface area contributed by atoms with Crippen LogP contribution in [0, 0.1) is 17.8 Å². The van der Waals surface area contributed by atoms with Crippen molar-refractivity contribution in [2.45, 2.75) is 31.7 Å². The number of rotatable bonds is 5. The monoisotopic (exact) mass is 282 g/mol. The SMILES string of the molecule is O=C(NC1CC1)c1ccc(NCC2CC3C=CC2C3)cc1. The van der Waals surface area contributed by atoms with Crippen molar-refractivity contribution in [2.24, 2.45) is 17.8 Å². The molecule has 2 N–H and O–H groups in total. The van der Waals surface area contributed by atoms with E-state index in [1.807, 2.05) is 24.3 Å². The summed E-state index contributed by atoms with van der Waals surface area (Å²) in [5.74, 6) is 2.45. The van der Waals surface area contributed by atoms with Crippen molar-refractivity contribution in [1.82, 2.24) is 5.32 Å². The first-order valence-corrected chi connectivity index (χ1v) is 8.11. The van der Waals surface area contributed by atoms with Gasteiger partial charge in [-0.2, -0.15) is 0 Å². The Morgan fingerprint density at radius 3 is 2.52 bits per heavy atom. The second-order valence-corrected chi connectivity index (χ2v) is 6.75. The van der Waals surface area contributed by atoms with Crippen LogP contribution in [0.5, 0.6) is 0 Å². The van der Waals surface area contributed by atoms with Crippen molar-refractivity contribution < 1.29 is 4.79 Å². The van der Waals surface area contributed by atoms with Crippen molar-refractivity contribution in [3.05, 3.63) is 42.0 Å². The van der Waals surface area contributed by atoms with Gasteiger partial charge in [0, 0.05) is 23.8 Å². The van der Waals surface area contributed by atoms with E-state index < -0.39 is 0 Å². The quantitative estimate of drug-likeness (QED) is 0.814. The average Bonchev–Trinajstić information content (AvgIpc) is 3.08. The average molecular weight is 282 g/mol. The molecule has 0 aliphatic heterocycles. The summed E-state index contributed by atoms with van der Waals surface area (Å²) >= 11 is 0. The first-order valence-electron chi connectivity index (χ1n) is 8.11. The summed E-state index contributed by atoms with van der Waals surface area (Å²) in [4.78, 5) is 11.9. The van der Waals surface area contributed by atoms with Crippen LogP contribution in [0.25, 0.3) is 0 Å². The standard InChI is InChI=1S/C18H22N2O/c21-18(20-17-7-8-17)13-3-5-16(6-4-13)19-11-15-10-12-1-2-14(15)9-12/h1-6,12,14-15,17,19H,7-11H2,(H,20,21). The van der Waals surface area contributed by atoms with Gasteiger partial charge in [0.15, 0.2) is 0 Å². The molecule has 2 bridgehead atoms. The Morgan fingerprint density at radius 1 is 1.10 bits per heavy atom. The summed E-state index contributed by atoms with van der Waals surface area (Å²) in [6.07, 6.45) is 9.72. The molecule has 0 aromatic heterocycles. The zero-order valence-electron chi connectivity index (χ0n) is 12.2. The smallest absolute Gasteiger partial charge is 0.251 e. The van der Waals surface area contributed by atoms with E-state index in [-0.39, 0.29) is 5.91 Å². The molecule has 3 aliphatic rings. The normalized spacial score (nSPS) is 29.6. The van der Waals surface area contributed by atoms with Gasteiger partial charge in [-0.25, -0.2) is 0 Å². The van der Waals surface area contributed by atoms with Crippen molar-refractivity contribution in [1.29, 1.82) is 0 Å². The molecule has 0 heterocycles. The molecular weight excluding hydrogens is 260 g/mol. The van der Waals surface area contributed by atoms with Gasteiger partial charge in [0.05, 0.1) is 0 Å². The second kappa shape index (κ2) is 5.21. The van der Waals surface area contributed by atoms with Crippen LogP contribution in [0.2, 0.25) is 0 Å². The highest BCUT2D eigenvalue weighted by Gasteiger charge is 2.35. The highest BCUT2D eigenvalue weighted by Crippen LogP contribution is 2.43. The molecule has 0 saturated heterocycles. The van der Waals surface area contributed by atoms with Gasteiger partial charge in [0.2, 0.25) is 0 Å². The maximum atomic E-state index is 11.9. The molecule has 1 aromatic rings. The third-order valence-electron chi connectivity index (χ3n) is 5.04. The second-order valence-electron chi connectivity index (χ2n) is 6.75. The van der Waals surface area contributed by atoms with Gasteiger partial charge < -0.3 is 10.6 Å². The predicted molar refractivity (Wildman–Crippen MR) is 84.3 cm³/mol. The number of benzene rings is 1. The number of nitrogens with one attached hydrogen (secondary N) is 2. The van der Waals surface area contributed by atoms with Crippen LogP contribution in [-0.4, -0.2) is 18.5 Å². The fourth-order valence-corrected chi connectivity index (χ4v) is 3.61. The molecule has 2 fully saturated rings. The van der Waals surface area contributed by atoms with Gasteiger partial charge in [0.25, 0.3) is 5.91 Å². The van der Waals surface area contributed by atoms with Gasteiger partial charge in [-0.15, -0.1) is 0 Å². The third-order valence-corrected chi connectivity index (χ3v) is 5.04. The third kappa shape index (κ3) is 2.82. The van der Waals surface area contributed by atoms with Crippen LogP contribution < -0.4 is 10.6 Å². The molecule has 3 aliphatic carbocycles. The van der Waals surface area contributed by atoms with Crippen molar-refractivity contribution >= 4 is 11.6 Å². The molecule has 3 unspecified atom stereocenters. The van der Waals surface area contributed by atoms with Gasteiger partial charge in [-0.1, -0.05) is 12.2 Å². The van der Waals surface area contributed by atoms with Gasteiger partial charge in [-0.05, 0) is 67.7 Å². The van der Waals surface area contributed by atoms with Crippen LogP contribution >= 0.6 is 0 Å². The van der Waals surface area contributed by atoms with E-state index in [0.29, 0.717) is 6.04 Å². The van der Waals surface area contributed by atoms with Gasteiger partial charge in [-0.3, -0.25) is 4.79 Å². The fraction of sp³-hybridized carbons (Fsp3) is 0.500. The van der Waals surface area contributed by atoms with Crippen molar-refractivity contribution in [3.8, 4) is 0 Å². The minimum Gasteiger partial charge on any atom is -0.385 e. The van der Waals surface area contributed by atoms with Crippen LogP contribution in [0.15, 0.2) is 36.4 Å². The maximum Gasteiger partial charge on any atom is 0.251 e. The minimum absolute atomic E-state index is 0.0577. The molecule has 1 aromatic carbocycles. The first kappa shape index (κ1) is 12.9. The number of fused-ring (bicyclic) bond motifs is 2. The van der Waals surface area contributed by atoms with E-state index in [2.05, 4.69) is 22.8 Å². The Hall–Kier alpha value is -1.77. The van der Waals surface area contributed by atoms with E-state index in [4.69, 9.17) is 0 Å². The molecule has 0 radical (unpaired) electrons. The lowest BCUT2D eigenvalue weighted by molar-refractivity contribution is 0.0951. The lowest BCUT2D eigenvalue weighted by atomic mass is 9.93. The molecule has 1 amide bonds. The summed E-state index contributed by atoms with van der Waals surface area (Å²) in [6, 6.07) is 8.29. The van der Waals surface area contributed by atoms with Gasteiger partial charge in [0.1, 0.15) is 0 Å². The Balaban J connectivity index is 1.31. The molecule has 110 valence electrons. The highest BCUT2D eigenvalue weighted by atomic mass is 16.1. The van der Waals surface area contributed by atoms with E-state index in [0.717, 1.165) is 48.4 Å². The molecule has 21 heavy (non-hydrogen) atoms. The number of carbonyl (C=O) groups is 1. The van der Waals surface area contributed by atoms with Crippen LogP contribution in [-0.2, 0) is 0 Å². The molecular formula is C18H22N2O. The largest absolute Gasteiger partial charge is 0.385 e. The molecule has 3 atom stereocenters. The van der Waals surface area contributed by atoms with E-state index in [1.165, 1.54) is 12.8 Å². The van der Waals surface area contributed by atoms with E-state index in [1.54, 1.807) is 0 Å². The van der Waals surface area contributed by atoms with Crippen molar-refractivity contribution in [3.63, 3.8) is 0 Å².